The normalized spacial score (nSPS) is 22.0. The highest BCUT2D eigenvalue weighted by molar-refractivity contribution is 7.46. The Bertz CT molecular complexity index is 717. The number of hydrogen-bond donors (Lipinski definition) is 3. The number of nitrogens with one attached hydrogen (secondary N) is 1. The maximum absolute atomic E-state index is 11.8. The first kappa shape index (κ1) is 16.9. The van der Waals surface area contributed by atoms with Crippen molar-refractivity contribution >= 4 is 7.82 Å². The highest BCUT2D eigenvalue weighted by Gasteiger charge is 2.20. The van der Waals surface area contributed by atoms with Crippen molar-refractivity contribution in [1.29, 1.82) is 0 Å². The van der Waals surface area contributed by atoms with Crippen LogP contribution in [-0.4, -0.2) is 32.2 Å². The predicted octanol–water partition coefficient (Wildman–Crippen LogP) is 0.188. The third-order valence-corrected chi connectivity index (χ3v) is 3.74. The molecule has 1 heterocycles. The molecule has 1 aromatic rings. The van der Waals surface area contributed by atoms with Crippen LogP contribution in [0.1, 0.15) is 24.4 Å². The van der Waals surface area contributed by atoms with E-state index < -0.39 is 25.9 Å². The molecule has 0 bridgehead atoms. The highest BCUT2D eigenvalue weighted by Crippen LogP contribution is 2.35. The van der Waals surface area contributed by atoms with Gasteiger partial charge in [0, 0.05) is 11.8 Å². The molecule has 0 aliphatic heterocycles. The quantitative estimate of drug-likeness (QED) is 0.398. The first-order valence-electron chi connectivity index (χ1n) is 6.58. The Morgan fingerprint density at radius 2 is 2.09 bits per heavy atom. The van der Waals surface area contributed by atoms with Crippen LogP contribution in [0.5, 0.6) is 0 Å². The van der Waals surface area contributed by atoms with Crippen molar-refractivity contribution in [2.45, 2.75) is 31.9 Å². The molecule has 1 aliphatic rings. The van der Waals surface area contributed by atoms with Gasteiger partial charge >= 0.3 is 13.5 Å². The van der Waals surface area contributed by atoms with Crippen molar-refractivity contribution in [3.05, 3.63) is 44.8 Å². The summed E-state index contributed by atoms with van der Waals surface area (Å²) in [5.41, 5.74) is -0.437. The summed E-state index contributed by atoms with van der Waals surface area (Å²) in [4.78, 5) is 42.5. The Balaban J connectivity index is 2.00. The van der Waals surface area contributed by atoms with E-state index in [0.29, 0.717) is 18.4 Å². The lowest BCUT2D eigenvalue weighted by atomic mass is 10.0. The van der Waals surface area contributed by atoms with Gasteiger partial charge in [0.15, 0.2) is 6.79 Å². The molecular weight excluding hydrogens is 315 g/mol. The predicted molar refractivity (Wildman–Crippen MR) is 76.3 cm³/mol. The van der Waals surface area contributed by atoms with E-state index in [9.17, 15) is 14.2 Å². The van der Waals surface area contributed by atoms with Crippen molar-refractivity contribution in [3.8, 4) is 0 Å². The number of phosphoric acid groups is 1. The number of aryl methyl sites for hydroxylation is 1. The number of ether oxygens (including phenoxy) is 1. The lowest BCUT2D eigenvalue weighted by Gasteiger charge is -2.24. The van der Waals surface area contributed by atoms with Gasteiger partial charge in [-0.15, -0.1) is 0 Å². The lowest BCUT2D eigenvalue weighted by molar-refractivity contribution is -0.0346. The Labute approximate surface area is 125 Å². The van der Waals surface area contributed by atoms with Crippen LogP contribution in [0.4, 0.5) is 0 Å². The maximum atomic E-state index is 11.8. The summed E-state index contributed by atoms with van der Waals surface area (Å²) in [6.07, 6.45) is 5.75. The molecule has 2 atom stereocenters. The van der Waals surface area contributed by atoms with Crippen molar-refractivity contribution in [3.63, 3.8) is 0 Å². The van der Waals surface area contributed by atoms with Crippen LogP contribution < -0.4 is 11.2 Å². The number of H-pyrrole nitrogens is 1. The Kier molecular flexibility index (Phi) is 5.15. The van der Waals surface area contributed by atoms with E-state index in [0.717, 1.165) is 0 Å². The van der Waals surface area contributed by atoms with Gasteiger partial charge < -0.3 is 14.5 Å². The summed E-state index contributed by atoms with van der Waals surface area (Å²) in [5.74, 6) is 0. The fraction of sp³-hybridized carbons (Fsp3) is 0.500. The average Bonchev–Trinajstić information content (AvgIpc) is 2.42. The van der Waals surface area contributed by atoms with E-state index in [1.54, 1.807) is 19.1 Å². The van der Waals surface area contributed by atoms with Gasteiger partial charge in [-0.25, -0.2) is 9.36 Å². The van der Waals surface area contributed by atoms with Gasteiger partial charge in [-0.05, 0) is 19.8 Å². The smallest absolute Gasteiger partial charge is 0.348 e. The molecule has 0 aromatic carbocycles. The molecule has 122 valence electrons. The summed E-state index contributed by atoms with van der Waals surface area (Å²) in [6.45, 7) is 1.11. The largest absolute Gasteiger partial charge is 0.471 e. The maximum Gasteiger partial charge on any atom is 0.471 e. The number of aromatic nitrogens is 2. The minimum Gasteiger partial charge on any atom is -0.348 e. The second kappa shape index (κ2) is 6.72. The van der Waals surface area contributed by atoms with E-state index in [2.05, 4.69) is 9.51 Å². The van der Waals surface area contributed by atoms with Gasteiger partial charge in [-0.1, -0.05) is 12.2 Å². The fourth-order valence-corrected chi connectivity index (χ4v) is 2.37. The Morgan fingerprint density at radius 1 is 1.36 bits per heavy atom. The van der Waals surface area contributed by atoms with Gasteiger partial charge in [0.05, 0.1) is 12.1 Å². The molecule has 2 rings (SSSR count). The molecule has 3 N–H and O–H groups in total. The lowest BCUT2D eigenvalue weighted by Crippen LogP contribution is -2.34. The van der Waals surface area contributed by atoms with Crippen molar-refractivity contribution < 1.29 is 23.6 Å². The summed E-state index contributed by atoms with van der Waals surface area (Å²) in [7, 11) is -4.54. The highest BCUT2D eigenvalue weighted by atomic mass is 31.2. The molecule has 0 saturated heterocycles. The van der Waals surface area contributed by atoms with Crippen LogP contribution in [0, 0.1) is 6.92 Å². The zero-order chi connectivity index (χ0) is 16.3. The second-order valence-corrected chi connectivity index (χ2v) is 6.19. The van der Waals surface area contributed by atoms with Crippen molar-refractivity contribution in [2.75, 3.05) is 6.79 Å². The van der Waals surface area contributed by atoms with Crippen LogP contribution in [0.2, 0.25) is 0 Å². The average molecular weight is 332 g/mol. The Morgan fingerprint density at radius 3 is 2.68 bits per heavy atom. The first-order valence-corrected chi connectivity index (χ1v) is 8.11. The van der Waals surface area contributed by atoms with Gasteiger partial charge in [0.1, 0.15) is 0 Å². The zero-order valence-electron chi connectivity index (χ0n) is 11.8. The number of nitrogens with zero attached hydrogens (tertiary/aromatic N) is 1. The number of rotatable bonds is 5. The molecule has 0 fully saturated rings. The minimum atomic E-state index is -4.54. The van der Waals surface area contributed by atoms with E-state index >= 15 is 0 Å². The standard InChI is InChI=1S/C12H17N2O7P/c1-8-6-14(12(16)13-11(8)15)9-2-4-10(5-3-9)20-7-21-22(17,18)19/h2,4,6,9-10H,3,5,7H2,1H3,(H,13,15,16)(H2,17,18,19)/t9-,10+/m0/s1. The number of aromatic amines is 1. The Hall–Kier alpha value is -1.51. The second-order valence-electron chi connectivity index (χ2n) is 4.95. The van der Waals surface area contributed by atoms with Crippen LogP contribution in [0.3, 0.4) is 0 Å². The molecule has 0 spiro atoms. The molecular formula is C12H17N2O7P. The molecule has 0 radical (unpaired) electrons. The van der Waals surface area contributed by atoms with E-state index in [4.69, 9.17) is 14.5 Å². The molecule has 0 saturated carbocycles. The van der Waals surface area contributed by atoms with E-state index in [1.807, 2.05) is 0 Å². The van der Waals surface area contributed by atoms with Gasteiger partial charge in [-0.3, -0.25) is 18.9 Å². The third kappa shape index (κ3) is 4.49. The summed E-state index contributed by atoms with van der Waals surface area (Å²) < 4.78 is 21.3. The molecule has 0 amide bonds. The fourth-order valence-electron chi connectivity index (χ4n) is 2.17. The van der Waals surface area contributed by atoms with Crippen LogP contribution >= 0.6 is 7.82 Å². The SMILES string of the molecule is Cc1cn([C@H]2C=C[C@@H](OCOP(=O)(O)O)CC2)c(=O)[nH]c1=O. The summed E-state index contributed by atoms with van der Waals surface area (Å²) in [6, 6.07) is -0.203. The number of phosphoric ester groups is 1. The molecule has 9 nitrogen and oxygen atoms in total. The summed E-state index contributed by atoms with van der Waals surface area (Å²) in [5, 5.41) is 0. The van der Waals surface area contributed by atoms with Gasteiger partial charge in [0.2, 0.25) is 0 Å². The van der Waals surface area contributed by atoms with E-state index in [1.165, 1.54) is 10.8 Å². The molecule has 10 heteroatoms. The zero-order valence-corrected chi connectivity index (χ0v) is 12.7. The van der Waals surface area contributed by atoms with Crippen LogP contribution in [-0.2, 0) is 13.8 Å². The molecule has 0 unspecified atom stereocenters. The monoisotopic (exact) mass is 332 g/mol. The van der Waals surface area contributed by atoms with Gasteiger partial charge in [-0.2, -0.15) is 0 Å². The van der Waals surface area contributed by atoms with Crippen LogP contribution in [0.25, 0.3) is 0 Å². The van der Waals surface area contributed by atoms with Crippen molar-refractivity contribution in [2.24, 2.45) is 0 Å². The van der Waals surface area contributed by atoms with Crippen molar-refractivity contribution in [1.82, 2.24) is 9.55 Å². The first-order chi connectivity index (χ1) is 10.3. The topological polar surface area (TPSA) is 131 Å². The van der Waals surface area contributed by atoms with E-state index in [-0.39, 0.29) is 12.1 Å². The summed E-state index contributed by atoms with van der Waals surface area (Å²) >= 11 is 0. The van der Waals surface area contributed by atoms with Gasteiger partial charge in [0.25, 0.3) is 5.56 Å². The number of allylic oxidation sites excluding steroid dienone is 1. The minimum absolute atomic E-state index is 0.203. The van der Waals surface area contributed by atoms with Crippen LogP contribution in [0.15, 0.2) is 27.9 Å². The number of hydrogen-bond acceptors (Lipinski definition) is 5. The molecule has 22 heavy (non-hydrogen) atoms. The molecule has 1 aromatic heterocycles. The third-order valence-electron chi connectivity index (χ3n) is 3.30. The molecule has 1 aliphatic carbocycles.